The standard InChI is InChI=1S/C25H20N2O4S/c1-16-8-9-17(15-22(16)30-2)14-21-23(28)26-25(32)27(24(21)29)18-10-12-20(13-11-18)31-19-6-4-3-5-7-19/h3-15H,1-2H3,(H,26,28,32). The molecule has 0 aromatic heterocycles. The van der Waals surface area contributed by atoms with E-state index >= 15 is 0 Å². The smallest absolute Gasteiger partial charge is 0.270 e. The number of benzene rings is 3. The zero-order chi connectivity index (χ0) is 22.7. The maximum Gasteiger partial charge on any atom is 0.270 e. The first-order chi connectivity index (χ1) is 15.5. The Morgan fingerprint density at radius 1 is 0.938 bits per heavy atom. The minimum absolute atomic E-state index is 0.0193. The maximum atomic E-state index is 13.2. The summed E-state index contributed by atoms with van der Waals surface area (Å²) in [6, 6.07) is 21.7. The Labute approximate surface area is 191 Å². The van der Waals surface area contributed by atoms with Crippen molar-refractivity contribution in [2.24, 2.45) is 0 Å². The molecule has 0 spiro atoms. The van der Waals surface area contributed by atoms with Crippen molar-refractivity contribution >= 4 is 40.9 Å². The first-order valence-electron chi connectivity index (χ1n) is 9.85. The molecule has 0 atom stereocenters. The third-order valence-corrected chi connectivity index (χ3v) is 5.20. The first kappa shape index (κ1) is 21.3. The molecular weight excluding hydrogens is 424 g/mol. The van der Waals surface area contributed by atoms with Gasteiger partial charge < -0.3 is 9.47 Å². The van der Waals surface area contributed by atoms with Gasteiger partial charge in [0.25, 0.3) is 11.8 Å². The second kappa shape index (κ2) is 9.03. The van der Waals surface area contributed by atoms with E-state index in [9.17, 15) is 9.59 Å². The molecule has 0 aliphatic carbocycles. The molecular formula is C25H20N2O4S. The average molecular weight is 445 g/mol. The number of amides is 2. The highest BCUT2D eigenvalue weighted by molar-refractivity contribution is 7.80. The summed E-state index contributed by atoms with van der Waals surface area (Å²) in [7, 11) is 1.57. The van der Waals surface area contributed by atoms with Gasteiger partial charge in [0.1, 0.15) is 22.8 Å². The minimum Gasteiger partial charge on any atom is -0.496 e. The van der Waals surface area contributed by atoms with Crippen LogP contribution < -0.4 is 19.7 Å². The van der Waals surface area contributed by atoms with Crippen LogP contribution in [0.1, 0.15) is 11.1 Å². The van der Waals surface area contributed by atoms with E-state index in [4.69, 9.17) is 21.7 Å². The van der Waals surface area contributed by atoms with Gasteiger partial charge >= 0.3 is 0 Å². The molecule has 1 fully saturated rings. The van der Waals surface area contributed by atoms with Crippen molar-refractivity contribution in [1.82, 2.24) is 5.32 Å². The molecule has 160 valence electrons. The van der Waals surface area contributed by atoms with E-state index in [-0.39, 0.29) is 10.7 Å². The van der Waals surface area contributed by atoms with Crippen LogP contribution in [0.15, 0.2) is 78.4 Å². The molecule has 4 rings (SSSR count). The van der Waals surface area contributed by atoms with Gasteiger partial charge in [-0.1, -0.05) is 30.3 Å². The van der Waals surface area contributed by atoms with Gasteiger partial charge in [0, 0.05) is 0 Å². The monoisotopic (exact) mass is 444 g/mol. The van der Waals surface area contributed by atoms with Crippen LogP contribution in [0.25, 0.3) is 6.08 Å². The highest BCUT2D eigenvalue weighted by atomic mass is 32.1. The molecule has 0 radical (unpaired) electrons. The molecule has 2 amide bonds. The topological polar surface area (TPSA) is 67.9 Å². The van der Waals surface area contributed by atoms with E-state index in [2.05, 4.69) is 5.32 Å². The average Bonchev–Trinajstić information content (AvgIpc) is 2.79. The highest BCUT2D eigenvalue weighted by Crippen LogP contribution is 2.27. The van der Waals surface area contributed by atoms with Gasteiger partial charge in [-0.2, -0.15) is 0 Å². The molecule has 1 saturated heterocycles. The number of thiocarbonyl (C=S) groups is 1. The number of methoxy groups -OCH3 is 1. The molecule has 1 aliphatic heterocycles. The minimum atomic E-state index is -0.542. The van der Waals surface area contributed by atoms with Crippen molar-refractivity contribution in [1.29, 1.82) is 0 Å². The second-order valence-corrected chi connectivity index (χ2v) is 7.48. The highest BCUT2D eigenvalue weighted by Gasteiger charge is 2.34. The van der Waals surface area contributed by atoms with E-state index in [1.165, 1.54) is 11.0 Å². The van der Waals surface area contributed by atoms with Crippen LogP contribution in [0.2, 0.25) is 0 Å². The number of aryl methyl sites for hydroxylation is 1. The fraction of sp³-hybridized carbons (Fsp3) is 0.0800. The Morgan fingerprint density at radius 2 is 1.62 bits per heavy atom. The number of carbonyl (C=O) groups is 2. The summed E-state index contributed by atoms with van der Waals surface area (Å²) in [5.41, 5.74) is 2.13. The van der Waals surface area contributed by atoms with Crippen LogP contribution in [0.4, 0.5) is 5.69 Å². The number of rotatable bonds is 5. The zero-order valence-corrected chi connectivity index (χ0v) is 18.3. The molecule has 32 heavy (non-hydrogen) atoms. The lowest BCUT2D eigenvalue weighted by molar-refractivity contribution is -0.122. The number of hydrogen-bond donors (Lipinski definition) is 1. The van der Waals surface area contributed by atoms with E-state index in [1.54, 1.807) is 37.4 Å². The SMILES string of the molecule is COc1cc(C=C2C(=O)NC(=S)N(c3ccc(Oc4ccccc4)cc3)C2=O)ccc1C. The van der Waals surface area contributed by atoms with Gasteiger partial charge in [0.2, 0.25) is 0 Å². The predicted molar refractivity (Wildman–Crippen MR) is 127 cm³/mol. The normalized spacial score (nSPS) is 15.0. The zero-order valence-electron chi connectivity index (χ0n) is 17.5. The third kappa shape index (κ3) is 4.38. The van der Waals surface area contributed by atoms with Gasteiger partial charge in [0.15, 0.2) is 5.11 Å². The summed E-state index contributed by atoms with van der Waals surface area (Å²) < 4.78 is 11.1. The number of carbonyl (C=O) groups excluding carboxylic acids is 2. The van der Waals surface area contributed by atoms with E-state index in [0.29, 0.717) is 28.5 Å². The summed E-state index contributed by atoms with van der Waals surface area (Å²) in [6.45, 7) is 1.92. The summed E-state index contributed by atoms with van der Waals surface area (Å²) in [5.74, 6) is 0.942. The molecule has 1 N–H and O–H groups in total. The van der Waals surface area contributed by atoms with Crippen LogP contribution >= 0.6 is 12.2 Å². The maximum absolute atomic E-state index is 13.2. The van der Waals surface area contributed by atoms with Crippen LogP contribution in [0, 0.1) is 6.92 Å². The van der Waals surface area contributed by atoms with Crippen LogP contribution in [-0.2, 0) is 9.59 Å². The van der Waals surface area contributed by atoms with Crippen LogP contribution in [0.3, 0.4) is 0 Å². The molecule has 0 unspecified atom stereocenters. The fourth-order valence-corrected chi connectivity index (χ4v) is 3.55. The number of ether oxygens (including phenoxy) is 2. The van der Waals surface area contributed by atoms with Gasteiger partial charge in [-0.3, -0.25) is 19.8 Å². The van der Waals surface area contributed by atoms with Crippen molar-refractivity contribution in [3.63, 3.8) is 0 Å². The predicted octanol–water partition coefficient (Wildman–Crippen LogP) is 4.63. The van der Waals surface area contributed by atoms with Gasteiger partial charge in [-0.25, -0.2) is 0 Å². The number of nitrogens with one attached hydrogen (secondary N) is 1. The Morgan fingerprint density at radius 3 is 2.31 bits per heavy atom. The quantitative estimate of drug-likeness (QED) is 0.353. The molecule has 3 aromatic rings. The number of anilines is 1. The first-order valence-corrected chi connectivity index (χ1v) is 10.3. The Hall–Kier alpha value is -3.97. The lowest BCUT2D eigenvalue weighted by Gasteiger charge is -2.29. The summed E-state index contributed by atoms with van der Waals surface area (Å²) >= 11 is 5.27. The molecule has 1 aliphatic rings. The molecule has 0 saturated carbocycles. The lowest BCUT2D eigenvalue weighted by atomic mass is 10.1. The summed E-state index contributed by atoms with van der Waals surface area (Å²) in [4.78, 5) is 27.0. The van der Waals surface area contributed by atoms with Crippen molar-refractivity contribution in [3.8, 4) is 17.2 Å². The van der Waals surface area contributed by atoms with Crippen molar-refractivity contribution in [2.75, 3.05) is 12.0 Å². The Kier molecular flexibility index (Phi) is 6.00. The van der Waals surface area contributed by atoms with Crippen molar-refractivity contribution in [3.05, 3.63) is 89.5 Å². The Balaban J connectivity index is 1.61. The van der Waals surface area contributed by atoms with Crippen LogP contribution in [-0.4, -0.2) is 24.0 Å². The number of para-hydroxylation sites is 1. The fourth-order valence-electron chi connectivity index (χ4n) is 3.27. The van der Waals surface area contributed by atoms with Crippen molar-refractivity contribution < 1.29 is 19.1 Å². The van der Waals surface area contributed by atoms with E-state index in [0.717, 1.165) is 5.56 Å². The summed E-state index contributed by atoms with van der Waals surface area (Å²) in [6.07, 6.45) is 1.53. The molecule has 1 heterocycles. The molecule has 6 nitrogen and oxygen atoms in total. The Bertz CT molecular complexity index is 1220. The number of hydrogen-bond acceptors (Lipinski definition) is 5. The molecule has 7 heteroatoms. The third-order valence-electron chi connectivity index (χ3n) is 4.92. The molecule has 0 bridgehead atoms. The molecule has 3 aromatic carbocycles. The van der Waals surface area contributed by atoms with Crippen molar-refractivity contribution in [2.45, 2.75) is 6.92 Å². The number of nitrogens with zero attached hydrogens (tertiary/aromatic N) is 1. The van der Waals surface area contributed by atoms with E-state index < -0.39 is 11.8 Å². The van der Waals surface area contributed by atoms with Gasteiger partial charge in [-0.15, -0.1) is 0 Å². The van der Waals surface area contributed by atoms with E-state index in [1.807, 2.05) is 49.4 Å². The largest absolute Gasteiger partial charge is 0.496 e. The summed E-state index contributed by atoms with van der Waals surface area (Å²) in [5, 5.41) is 2.61. The second-order valence-electron chi connectivity index (χ2n) is 7.10. The van der Waals surface area contributed by atoms with Gasteiger partial charge in [-0.05, 0) is 78.8 Å². The van der Waals surface area contributed by atoms with Crippen LogP contribution in [0.5, 0.6) is 17.2 Å². The lowest BCUT2D eigenvalue weighted by Crippen LogP contribution is -2.54. The van der Waals surface area contributed by atoms with Gasteiger partial charge in [0.05, 0.1) is 12.8 Å².